The third-order valence-electron chi connectivity index (χ3n) is 3.34. The Balaban J connectivity index is 2.18. The highest BCUT2D eigenvalue weighted by atomic mass is 19.1. The normalized spacial score (nSPS) is 16.2. The van der Waals surface area contributed by atoms with E-state index in [0.717, 1.165) is 30.8 Å². The van der Waals surface area contributed by atoms with Gasteiger partial charge in [0.1, 0.15) is 5.82 Å². The Hall–Kier alpha value is -1.09. The number of anilines is 1. The van der Waals surface area contributed by atoms with Gasteiger partial charge >= 0.3 is 0 Å². The fraction of sp³-hybridized carbons (Fsp3) is 0.571. The molecule has 0 aromatic heterocycles. The highest BCUT2D eigenvalue weighted by Crippen LogP contribution is 2.26. The van der Waals surface area contributed by atoms with E-state index in [0.29, 0.717) is 6.42 Å². The van der Waals surface area contributed by atoms with Crippen LogP contribution in [0.3, 0.4) is 0 Å². The molecule has 1 aromatic rings. The standard InChI is InChI=1S/C14H20FNO/c15-13-6-7-14(12(11-13)5-4-10-17)16-8-2-1-3-9-16/h6-7,11,17H,1-5,8-10H2. The minimum atomic E-state index is -0.182. The number of benzene rings is 1. The number of aliphatic hydroxyl groups excluding tert-OH is 1. The molecule has 0 bridgehead atoms. The van der Waals surface area contributed by atoms with Gasteiger partial charge in [-0.2, -0.15) is 0 Å². The first-order valence-corrected chi connectivity index (χ1v) is 6.45. The van der Waals surface area contributed by atoms with Crippen LogP contribution in [0.2, 0.25) is 0 Å². The SMILES string of the molecule is OCCCc1cc(F)ccc1N1CCCCC1. The van der Waals surface area contributed by atoms with E-state index in [1.54, 1.807) is 6.07 Å². The molecule has 0 radical (unpaired) electrons. The van der Waals surface area contributed by atoms with Crippen LogP contribution in [0, 0.1) is 5.82 Å². The van der Waals surface area contributed by atoms with E-state index < -0.39 is 0 Å². The molecule has 1 heterocycles. The van der Waals surface area contributed by atoms with Crippen LogP contribution >= 0.6 is 0 Å². The molecule has 2 nitrogen and oxygen atoms in total. The lowest BCUT2D eigenvalue weighted by molar-refractivity contribution is 0.288. The van der Waals surface area contributed by atoms with Crippen molar-refractivity contribution in [1.29, 1.82) is 0 Å². The Kier molecular flexibility index (Phi) is 4.37. The van der Waals surface area contributed by atoms with Gasteiger partial charge in [0.15, 0.2) is 0 Å². The Morgan fingerprint density at radius 2 is 1.94 bits per heavy atom. The molecule has 17 heavy (non-hydrogen) atoms. The second kappa shape index (κ2) is 6.01. The van der Waals surface area contributed by atoms with Crippen molar-refractivity contribution in [3.8, 4) is 0 Å². The monoisotopic (exact) mass is 237 g/mol. The van der Waals surface area contributed by atoms with Crippen molar-refractivity contribution >= 4 is 5.69 Å². The summed E-state index contributed by atoms with van der Waals surface area (Å²) in [5.41, 5.74) is 2.18. The van der Waals surface area contributed by atoms with Gasteiger partial charge in [0.25, 0.3) is 0 Å². The van der Waals surface area contributed by atoms with Crippen molar-refractivity contribution in [2.24, 2.45) is 0 Å². The molecule has 1 fully saturated rings. The summed E-state index contributed by atoms with van der Waals surface area (Å²) >= 11 is 0. The van der Waals surface area contributed by atoms with E-state index in [4.69, 9.17) is 5.11 Å². The highest BCUT2D eigenvalue weighted by Gasteiger charge is 2.14. The maximum Gasteiger partial charge on any atom is 0.123 e. The Labute approximate surface area is 102 Å². The lowest BCUT2D eigenvalue weighted by Gasteiger charge is -2.30. The fourth-order valence-electron chi connectivity index (χ4n) is 2.47. The first-order valence-electron chi connectivity index (χ1n) is 6.45. The van der Waals surface area contributed by atoms with Crippen molar-refractivity contribution < 1.29 is 9.50 Å². The highest BCUT2D eigenvalue weighted by molar-refractivity contribution is 5.54. The zero-order valence-electron chi connectivity index (χ0n) is 10.2. The average molecular weight is 237 g/mol. The van der Waals surface area contributed by atoms with Crippen LogP contribution in [0.15, 0.2) is 18.2 Å². The third-order valence-corrected chi connectivity index (χ3v) is 3.34. The van der Waals surface area contributed by atoms with Gasteiger partial charge in [-0.3, -0.25) is 0 Å². The lowest BCUT2D eigenvalue weighted by Crippen LogP contribution is -2.30. The zero-order chi connectivity index (χ0) is 12.1. The molecule has 1 aromatic carbocycles. The van der Waals surface area contributed by atoms with Gasteiger partial charge in [-0.05, 0) is 55.9 Å². The van der Waals surface area contributed by atoms with E-state index >= 15 is 0 Å². The molecule has 94 valence electrons. The van der Waals surface area contributed by atoms with Crippen molar-refractivity contribution in [2.75, 3.05) is 24.6 Å². The molecular weight excluding hydrogens is 217 g/mol. The molecule has 0 spiro atoms. The average Bonchev–Trinajstić information content (AvgIpc) is 2.37. The number of hydrogen-bond acceptors (Lipinski definition) is 2. The first-order chi connectivity index (χ1) is 8.31. The van der Waals surface area contributed by atoms with Gasteiger partial charge in [0.05, 0.1) is 0 Å². The van der Waals surface area contributed by atoms with E-state index in [1.165, 1.54) is 25.3 Å². The van der Waals surface area contributed by atoms with Gasteiger partial charge in [0, 0.05) is 25.4 Å². The zero-order valence-corrected chi connectivity index (χ0v) is 10.2. The number of aliphatic hydroxyl groups is 1. The summed E-state index contributed by atoms with van der Waals surface area (Å²) < 4.78 is 13.3. The van der Waals surface area contributed by atoms with E-state index in [9.17, 15) is 4.39 Å². The summed E-state index contributed by atoms with van der Waals surface area (Å²) in [5.74, 6) is -0.182. The summed E-state index contributed by atoms with van der Waals surface area (Å²) in [6, 6.07) is 5.03. The minimum Gasteiger partial charge on any atom is -0.396 e. The van der Waals surface area contributed by atoms with E-state index in [-0.39, 0.29) is 12.4 Å². The molecule has 2 rings (SSSR count). The quantitative estimate of drug-likeness (QED) is 0.870. The number of hydrogen-bond donors (Lipinski definition) is 1. The third kappa shape index (κ3) is 3.19. The number of rotatable bonds is 4. The largest absolute Gasteiger partial charge is 0.396 e. The van der Waals surface area contributed by atoms with Crippen molar-refractivity contribution in [3.05, 3.63) is 29.6 Å². The molecule has 0 unspecified atom stereocenters. The number of halogens is 1. The van der Waals surface area contributed by atoms with Crippen LogP contribution in [0.4, 0.5) is 10.1 Å². The lowest BCUT2D eigenvalue weighted by atomic mass is 10.0. The van der Waals surface area contributed by atoms with Gasteiger partial charge in [0.2, 0.25) is 0 Å². The molecule has 1 saturated heterocycles. The molecule has 0 aliphatic carbocycles. The van der Waals surface area contributed by atoms with Crippen molar-refractivity contribution in [2.45, 2.75) is 32.1 Å². The van der Waals surface area contributed by atoms with Crippen molar-refractivity contribution in [1.82, 2.24) is 0 Å². The molecule has 1 aliphatic heterocycles. The second-order valence-corrected chi connectivity index (χ2v) is 4.65. The number of nitrogens with zero attached hydrogens (tertiary/aromatic N) is 1. The molecule has 3 heteroatoms. The smallest absolute Gasteiger partial charge is 0.123 e. The second-order valence-electron chi connectivity index (χ2n) is 4.65. The summed E-state index contributed by atoms with van der Waals surface area (Å²) in [7, 11) is 0. The van der Waals surface area contributed by atoms with Crippen LogP contribution < -0.4 is 4.90 Å². The maximum atomic E-state index is 13.3. The Bertz CT molecular complexity index is 361. The summed E-state index contributed by atoms with van der Waals surface area (Å²) in [6.07, 6.45) is 5.18. The van der Waals surface area contributed by atoms with Gasteiger partial charge in [-0.25, -0.2) is 4.39 Å². The van der Waals surface area contributed by atoms with Crippen molar-refractivity contribution in [3.63, 3.8) is 0 Å². The fourth-order valence-corrected chi connectivity index (χ4v) is 2.47. The molecule has 1 N–H and O–H groups in total. The van der Waals surface area contributed by atoms with Gasteiger partial charge in [-0.1, -0.05) is 0 Å². The molecule has 0 saturated carbocycles. The minimum absolute atomic E-state index is 0.163. The van der Waals surface area contributed by atoms with E-state index in [1.807, 2.05) is 6.07 Å². The molecular formula is C14H20FNO. The van der Waals surface area contributed by atoms with Crippen LogP contribution in [0.1, 0.15) is 31.2 Å². The van der Waals surface area contributed by atoms with Crippen LogP contribution in [0.25, 0.3) is 0 Å². The summed E-state index contributed by atoms with van der Waals surface area (Å²) in [4.78, 5) is 2.34. The molecule has 0 atom stereocenters. The molecule has 0 amide bonds. The topological polar surface area (TPSA) is 23.5 Å². The number of aryl methyl sites for hydroxylation is 1. The summed E-state index contributed by atoms with van der Waals surface area (Å²) in [5, 5.41) is 8.89. The predicted molar refractivity (Wildman–Crippen MR) is 67.9 cm³/mol. The number of piperidine rings is 1. The first kappa shape index (κ1) is 12.4. The summed E-state index contributed by atoms with van der Waals surface area (Å²) in [6.45, 7) is 2.30. The Morgan fingerprint density at radius 3 is 2.65 bits per heavy atom. The van der Waals surface area contributed by atoms with Gasteiger partial charge in [-0.15, -0.1) is 0 Å². The van der Waals surface area contributed by atoms with E-state index in [2.05, 4.69) is 4.90 Å². The maximum absolute atomic E-state index is 13.3. The predicted octanol–water partition coefficient (Wildman–Crippen LogP) is 2.74. The van der Waals surface area contributed by atoms with Gasteiger partial charge < -0.3 is 10.0 Å². The Morgan fingerprint density at radius 1 is 1.18 bits per heavy atom. The van der Waals surface area contributed by atoms with Crippen LogP contribution in [0.5, 0.6) is 0 Å². The van der Waals surface area contributed by atoms with Crippen LogP contribution in [-0.4, -0.2) is 24.8 Å². The molecule has 1 aliphatic rings. The van der Waals surface area contributed by atoms with Crippen LogP contribution in [-0.2, 0) is 6.42 Å².